The molecule has 0 amide bonds. The van der Waals surface area contributed by atoms with Crippen LogP contribution in [0.3, 0.4) is 0 Å². The Bertz CT molecular complexity index is 729. The number of benzene rings is 1. The molecule has 2 aromatic rings. The first-order valence-electron chi connectivity index (χ1n) is 6.66. The van der Waals surface area contributed by atoms with Crippen molar-refractivity contribution in [1.82, 2.24) is 4.98 Å². The fourth-order valence-corrected chi connectivity index (χ4v) is 2.97. The lowest BCUT2D eigenvalue weighted by Gasteiger charge is -2.11. The van der Waals surface area contributed by atoms with Gasteiger partial charge in [-0.1, -0.05) is 19.1 Å². The lowest BCUT2D eigenvalue weighted by Crippen LogP contribution is -2.14. The third-order valence-electron chi connectivity index (χ3n) is 3.09. The highest BCUT2D eigenvalue weighted by Crippen LogP contribution is 2.21. The summed E-state index contributed by atoms with van der Waals surface area (Å²) in [6, 6.07) is 9.74. The van der Waals surface area contributed by atoms with Gasteiger partial charge in [0.2, 0.25) is 0 Å². The molecule has 0 spiro atoms. The summed E-state index contributed by atoms with van der Waals surface area (Å²) in [5.41, 5.74) is 1.50. The van der Waals surface area contributed by atoms with Crippen molar-refractivity contribution in [2.45, 2.75) is 31.3 Å². The van der Waals surface area contributed by atoms with E-state index in [4.69, 9.17) is 0 Å². The number of hydrogen-bond acceptors (Lipinski definition) is 4. The van der Waals surface area contributed by atoms with Gasteiger partial charge in [0, 0.05) is 6.20 Å². The van der Waals surface area contributed by atoms with Gasteiger partial charge in [-0.3, -0.25) is 4.72 Å². The predicted molar refractivity (Wildman–Crippen MR) is 81.5 cm³/mol. The van der Waals surface area contributed by atoms with Crippen molar-refractivity contribution in [3.63, 3.8) is 0 Å². The third-order valence-corrected chi connectivity index (χ3v) is 4.45. The molecule has 0 aliphatic carbocycles. The quantitative estimate of drug-likeness (QED) is 0.890. The number of pyridine rings is 1. The number of nitrogens with zero attached hydrogens (tertiary/aromatic N) is 1. The molecule has 0 aliphatic rings. The average molecular weight is 306 g/mol. The van der Waals surface area contributed by atoms with Gasteiger partial charge in [0.15, 0.2) is 0 Å². The summed E-state index contributed by atoms with van der Waals surface area (Å²) in [6.07, 6.45) is 1.40. The van der Waals surface area contributed by atoms with Gasteiger partial charge in [0.05, 0.1) is 11.0 Å². The van der Waals surface area contributed by atoms with Gasteiger partial charge < -0.3 is 5.11 Å². The number of anilines is 1. The van der Waals surface area contributed by atoms with E-state index in [1.165, 1.54) is 12.1 Å². The number of aliphatic hydroxyl groups excluding tert-OH is 1. The van der Waals surface area contributed by atoms with Crippen molar-refractivity contribution in [3.05, 3.63) is 53.7 Å². The van der Waals surface area contributed by atoms with Crippen LogP contribution in [-0.4, -0.2) is 18.5 Å². The van der Waals surface area contributed by atoms with Crippen LogP contribution in [-0.2, 0) is 10.0 Å². The molecule has 21 heavy (non-hydrogen) atoms. The van der Waals surface area contributed by atoms with E-state index in [0.29, 0.717) is 12.0 Å². The average Bonchev–Trinajstić information content (AvgIpc) is 2.46. The Morgan fingerprint density at radius 1 is 1.29 bits per heavy atom. The van der Waals surface area contributed by atoms with Crippen LogP contribution >= 0.6 is 0 Å². The summed E-state index contributed by atoms with van der Waals surface area (Å²) in [6.45, 7) is 3.69. The molecule has 0 saturated carbocycles. The van der Waals surface area contributed by atoms with Gasteiger partial charge in [-0.05, 0) is 48.7 Å². The van der Waals surface area contributed by atoms with E-state index in [1.54, 1.807) is 30.5 Å². The smallest absolute Gasteiger partial charge is 0.263 e. The maximum absolute atomic E-state index is 12.3. The van der Waals surface area contributed by atoms with Crippen LogP contribution < -0.4 is 4.72 Å². The Kier molecular flexibility index (Phi) is 4.59. The van der Waals surface area contributed by atoms with Gasteiger partial charge in [-0.15, -0.1) is 0 Å². The van der Waals surface area contributed by atoms with Crippen LogP contribution in [0.2, 0.25) is 0 Å². The molecule has 0 fully saturated rings. The zero-order valence-electron chi connectivity index (χ0n) is 11.9. The first-order chi connectivity index (χ1) is 9.92. The van der Waals surface area contributed by atoms with Gasteiger partial charge in [0.25, 0.3) is 10.0 Å². The molecule has 0 radical (unpaired) electrons. The second-order valence-electron chi connectivity index (χ2n) is 4.82. The normalized spacial score (nSPS) is 12.9. The molecule has 5 nitrogen and oxygen atoms in total. The Balaban J connectivity index is 2.31. The molecule has 1 atom stereocenters. The van der Waals surface area contributed by atoms with Gasteiger partial charge >= 0.3 is 0 Å². The Hall–Kier alpha value is -1.92. The van der Waals surface area contributed by atoms with Crippen molar-refractivity contribution in [1.29, 1.82) is 0 Å². The van der Waals surface area contributed by atoms with Crippen molar-refractivity contribution < 1.29 is 13.5 Å². The van der Waals surface area contributed by atoms with Crippen LogP contribution in [0, 0.1) is 6.92 Å². The minimum atomic E-state index is -3.72. The standard InChI is InChI=1S/C15H18N2O3S/c1-3-14(18)12-5-4-6-13(10-12)21(19,20)17-15-9-11(2)7-8-16-15/h4-10,14,18H,3H2,1-2H3,(H,16,17). The SMILES string of the molecule is CCC(O)c1cccc(S(=O)(=O)Nc2cc(C)ccn2)c1. The molecule has 2 rings (SSSR count). The molecular weight excluding hydrogens is 288 g/mol. The lowest BCUT2D eigenvalue weighted by molar-refractivity contribution is 0.173. The molecule has 6 heteroatoms. The minimum Gasteiger partial charge on any atom is -0.388 e. The largest absolute Gasteiger partial charge is 0.388 e. The minimum absolute atomic E-state index is 0.107. The topological polar surface area (TPSA) is 79.3 Å². The molecule has 1 aromatic carbocycles. The predicted octanol–water partition coefficient (Wildman–Crippen LogP) is 2.63. The van der Waals surface area contributed by atoms with Crippen LogP contribution in [0.25, 0.3) is 0 Å². The molecule has 2 N–H and O–H groups in total. The van der Waals surface area contributed by atoms with E-state index in [0.717, 1.165) is 5.56 Å². The molecule has 1 heterocycles. The summed E-state index contributed by atoms with van der Waals surface area (Å²) in [5, 5.41) is 9.82. The van der Waals surface area contributed by atoms with Crippen LogP contribution in [0.1, 0.15) is 30.6 Å². The number of aromatic nitrogens is 1. The Morgan fingerprint density at radius 3 is 2.71 bits per heavy atom. The van der Waals surface area contributed by atoms with E-state index in [-0.39, 0.29) is 10.7 Å². The highest BCUT2D eigenvalue weighted by Gasteiger charge is 2.16. The highest BCUT2D eigenvalue weighted by molar-refractivity contribution is 7.92. The number of nitrogens with one attached hydrogen (secondary N) is 1. The summed E-state index contributed by atoms with van der Waals surface area (Å²) < 4.78 is 27.1. The second-order valence-corrected chi connectivity index (χ2v) is 6.50. The van der Waals surface area contributed by atoms with E-state index in [2.05, 4.69) is 9.71 Å². The fourth-order valence-electron chi connectivity index (χ4n) is 1.91. The molecule has 0 aliphatic heterocycles. The number of aliphatic hydroxyl groups is 1. The second kappa shape index (κ2) is 6.24. The fraction of sp³-hybridized carbons (Fsp3) is 0.267. The summed E-state index contributed by atoms with van der Waals surface area (Å²) in [7, 11) is -3.72. The molecule has 112 valence electrons. The summed E-state index contributed by atoms with van der Waals surface area (Å²) in [4.78, 5) is 4.09. The van der Waals surface area contributed by atoms with Crippen molar-refractivity contribution in [2.75, 3.05) is 4.72 Å². The highest BCUT2D eigenvalue weighted by atomic mass is 32.2. The zero-order chi connectivity index (χ0) is 15.5. The maximum atomic E-state index is 12.3. The van der Waals surface area contributed by atoms with Gasteiger partial charge in [0.1, 0.15) is 5.82 Å². The molecule has 0 saturated heterocycles. The number of sulfonamides is 1. The number of rotatable bonds is 5. The number of hydrogen-bond donors (Lipinski definition) is 2. The number of aryl methyl sites for hydroxylation is 1. The first kappa shape index (κ1) is 15.5. The van der Waals surface area contributed by atoms with Crippen molar-refractivity contribution >= 4 is 15.8 Å². The lowest BCUT2D eigenvalue weighted by atomic mass is 10.1. The van der Waals surface area contributed by atoms with Crippen molar-refractivity contribution in [2.24, 2.45) is 0 Å². The van der Waals surface area contributed by atoms with E-state index in [1.807, 2.05) is 13.8 Å². The molecule has 1 aromatic heterocycles. The molecule has 0 bridgehead atoms. The van der Waals surface area contributed by atoms with E-state index >= 15 is 0 Å². The Labute approximate surface area is 124 Å². The van der Waals surface area contributed by atoms with Crippen LogP contribution in [0.15, 0.2) is 47.5 Å². The Morgan fingerprint density at radius 2 is 2.05 bits per heavy atom. The zero-order valence-corrected chi connectivity index (χ0v) is 12.8. The molecular formula is C15H18N2O3S. The summed E-state index contributed by atoms with van der Waals surface area (Å²) >= 11 is 0. The first-order valence-corrected chi connectivity index (χ1v) is 8.14. The maximum Gasteiger partial charge on any atom is 0.263 e. The van der Waals surface area contributed by atoms with Crippen LogP contribution in [0.4, 0.5) is 5.82 Å². The summed E-state index contributed by atoms with van der Waals surface area (Å²) in [5.74, 6) is 0.274. The van der Waals surface area contributed by atoms with E-state index in [9.17, 15) is 13.5 Å². The van der Waals surface area contributed by atoms with E-state index < -0.39 is 16.1 Å². The monoisotopic (exact) mass is 306 g/mol. The van der Waals surface area contributed by atoms with Crippen molar-refractivity contribution in [3.8, 4) is 0 Å². The third kappa shape index (κ3) is 3.80. The van der Waals surface area contributed by atoms with Gasteiger partial charge in [-0.2, -0.15) is 0 Å². The van der Waals surface area contributed by atoms with Gasteiger partial charge in [-0.25, -0.2) is 13.4 Å². The van der Waals surface area contributed by atoms with Crippen LogP contribution in [0.5, 0.6) is 0 Å². The molecule has 1 unspecified atom stereocenters.